The Morgan fingerprint density at radius 2 is 2.00 bits per heavy atom. The summed E-state index contributed by atoms with van der Waals surface area (Å²) < 4.78 is 44.2. The minimum Gasteiger partial charge on any atom is -0.481 e. The van der Waals surface area contributed by atoms with Crippen LogP contribution in [-0.4, -0.2) is 69.9 Å². The number of fused-ring (bicyclic) bond motifs is 1. The molecule has 9 nitrogen and oxygen atoms in total. The zero-order valence-electron chi connectivity index (χ0n) is 20.3. The minimum absolute atomic E-state index is 0.00802. The molecule has 2 fully saturated rings. The summed E-state index contributed by atoms with van der Waals surface area (Å²) in [5.41, 5.74) is -0.414. The van der Waals surface area contributed by atoms with Gasteiger partial charge in [-0.2, -0.15) is 18.3 Å². The Balaban J connectivity index is 1.07. The molecule has 5 rings (SSSR count). The number of nitrogens with zero attached hydrogens (tertiary/aromatic N) is 3. The van der Waals surface area contributed by atoms with Gasteiger partial charge in [0.1, 0.15) is 0 Å². The number of pyridine rings is 1. The van der Waals surface area contributed by atoms with Crippen LogP contribution in [0.3, 0.4) is 0 Å². The van der Waals surface area contributed by atoms with Crippen LogP contribution < -0.4 is 15.4 Å². The summed E-state index contributed by atoms with van der Waals surface area (Å²) in [7, 11) is 1.55. The molecule has 1 aliphatic carbocycles. The normalized spacial score (nSPS) is 23.0. The van der Waals surface area contributed by atoms with Crippen LogP contribution in [0.4, 0.5) is 19.0 Å². The van der Waals surface area contributed by atoms with E-state index in [0.717, 1.165) is 43.6 Å². The van der Waals surface area contributed by atoms with Crippen LogP contribution in [0.1, 0.15) is 36.8 Å². The number of aromatic nitrogens is 3. The van der Waals surface area contributed by atoms with E-state index >= 15 is 0 Å². The average molecular weight is 519 g/mol. The molecule has 12 heteroatoms. The van der Waals surface area contributed by atoms with Gasteiger partial charge in [0.25, 0.3) is 0 Å². The molecule has 1 amide bonds. The molecule has 0 unspecified atom stereocenters. The first-order valence-corrected chi connectivity index (χ1v) is 12.2. The number of methoxy groups -OCH3 is 1. The molecule has 0 bridgehead atoms. The molecule has 2 aliphatic rings. The Morgan fingerprint density at radius 1 is 1.24 bits per heavy atom. The van der Waals surface area contributed by atoms with E-state index in [-0.39, 0.29) is 29.7 Å². The lowest BCUT2D eigenvalue weighted by Crippen LogP contribution is -2.63. The van der Waals surface area contributed by atoms with Crippen LogP contribution in [-0.2, 0) is 16.6 Å². The summed E-state index contributed by atoms with van der Waals surface area (Å²) in [6.45, 7) is 1.34. The van der Waals surface area contributed by atoms with E-state index in [1.807, 2.05) is 6.07 Å². The highest BCUT2D eigenvalue weighted by Crippen LogP contribution is 2.39. The zero-order chi connectivity index (χ0) is 26.2. The average Bonchev–Trinajstić information content (AvgIpc) is 3.27. The van der Waals surface area contributed by atoms with Crippen molar-refractivity contribution in [1.29, 1.82) is 0 Å². The fraction of sp³-hybridized carbons (Fsp3) is 0.480. The molecule has 198 valence electrons. The lowest BCUT2D eigenvalue weighted by molar-refractivity contribution is -0.137. The Hall–Kier alpha value is -3.38. The van der Waals surface area contributed by atoms with Crippen LogP contribution in [0.2, 0.25) is 0 Å². The van der Waals surface area contributed by atoms with E-state index in [1.54, 1.807) is 19.4 Å². The molecule has 3 aromatic rings. The fourth-order valence-electron chi connectivity index (χ4n) is 5.18. The number of ether oxygens (including phenoxy) is 1. The summed E-state index contributed by atoms with van der Waals surface area (Å²) in [5, 5.41) is 23.8. The van der Waals surface area contributed by atoms with E-state index in [4.69, 9.17) is 4.74 Å². The number of hydrogen-bond donors (Lipinski definition) is 4. The molecule has 2 aromatic heterocycles. The molecular formula is C25H29F3N6O3. The SMILES string of the molecule is COc1ccc(C2(O)CCC(N3CC(NC(=O)CNc4n[nH]c5ccc(C(F)(F)F)cc45)C3)CC2)cn1. The Labute approximate surface area is 211 Å². The van der Waals surface area contributed by atoms with Gasteiger partial charge in [0.15, 0.2) is 5.82 Å². The van der Waals surface area contributed by atoms with E-state index < -0.39 is 17.3 Å². The van der Waals surface area contributed by atoms with Crippen molar-refractivity contribution in [3.63, 3.8) is 0 Å². The summed E-state index contributed by atoms with van der Waals surface area (Å²) in [5.74, 6) is 0.462. The molecule has 0 spiro atoms. The maximum atomic E-state index is 13.0. The first-order valence-electron chi connectivity index (χ1n) is 12.2. The van der Waals surface area contributed by atoms with Crippen molar-refractivity contribution in [2.75, 3.05) is 32.1 Å². The van der Waals surface area contributed by atoms with Crippen molar-refractivity contribution in [2.24, 2.45) is 0 Å². The highest BCUT2D eigenvalue weighted by Gasteiger charge is 2.40. The Bertz CT molecular complexity index is 1250. The first-order chi connectivity index (χ1) is 17.6. The third-order valence-corrected chi connectivity index (χ3v) is 7.36. The largest absolute Gasteiger partial charge is 0.481 e. The van der Waals surface area contributed by atoms with Gasteiger partial charge in [-0.1, -0.05) is 0 Å². The molecule has 37 heavy (non-hydrogen) atoms. The van der Waals surface area contributed by atoms with E-state index in [0.29, 0.717) is 30.3 Å². The van der Waals surface area contributed by atoms with Crippen molar-refractivity contribution < 1.29 is 27.8 Å². The second-order valence-electron chi connectivity index (χ2n) is 9.75. The predicted molar refractivity (Wildman–Crippen MR) is 130 cm³/mol. The van der Waals surface area contributed by atoms with Gasteiger partial charge in [0.05, 0.1) is 36.4 Å². The van der Waals surface area contributed by atoms with Gasteiger partial charge in [-0.15, -0.1) is 0 Å². The topological polar surface area (TPSA) is 115 Å². The van der Waals surface area contributed by atoms with Gasteiger partial charge in [0, 0.05) is 42.3 Å². The molecule has 0 radical (unpaired) electrons. The predicted octanol–water partition coefficient (Wildman–Crippen LogP) is 3.03. The third-order valence-electron chi connectivity index (χ3n) is 7.36. The highest BCUT2D eigenvalue weighted by atomic mass is 19.4. The molecule has 1 saturated carbocycles. The van der Waals surface area contributed by atoms with Gasteiger partial charge >= 0.3 is 6.18 Å². The van der Waals surface area contributed by atoms with Crippen molar-refractivity contribution in [3.8, 4) is 5.88 Å². The number of alkyl halides is 3. The maximum absolute atomic E-state index is 13.0. The summed E-state index contributed by atoms with van der Waals surface area (Å²) in [6.07, 6.45) is 0.172. The van der Waals surface area contributed by atoms with Gasteiger partial charge in [0.2, 0.25) is 11.8 Å². The number of carbonyl (C=O) groups is 1. The second kappa shape index (κ2) is 9.82. The zero-order valence-corrected chi connectivity index (χ0v) is 20.3. The first kappa shape index (κ1) is 25.3. The van der Waals surface area contributed by atoms with Gasteiger partial charge < -0.3 is 20.5 Å². The number of rotatable bonds is 7. The van der Waals surface area contributed by atoms with Crippen LogP contribution in [0, 0.1) is 0 Å². The van der Waals surface area contributed by atoms with E-state index in [2.05, 4.69) is 30.7 Å². The second-order valence-corrected chi connectivity index (χ2v) is 9.75. The number of aromatic amines is 1. The van der Waals surface area contributed by atoms with Crippen LogP contribution in [0.5, 0.6) is 5.88 Å². The minimum atomic E-state index is -4.46. The number of aliphatic hydroxyl groups is 1. The van der Waals surface area contributed by atoms with Crippen molar-refractivity contribution in [2.45, 2.75) is 49.5 Å². The maximum Gasteiger partial charge on any atom is 0.416 e. The Kier molecular flexibility index (Phi) is 6.71. The lowest BCUT2D eigenvalue weighted by Gasteiger charge is -2.48. The smallest absolute Gasteiger partial charge is 0.416 e. The quantitative estimate of drug-likeness (QED) is 0.380. The molecule has 0 atom stereocenters. The number of halogens is 3. The van der Waals surface area contributed by atoms with Gasteiger partial charge in [-0.05, 0) is 49.9 Å². The number of carbonyl (C=O) groups excluding carboxylic acids is 1. The van der Waals surface area contributed by atoms with Crippen LogP contribution in [0.15, 0.2) is 36.5 Å². The van der Waals surface area contributed by atoms with Gasteiger partial charge in [-0.25, -0.2) is 4.98 Å². The lowest BCUT2D eigenvalue weighted by atomic mass is 9.77. The summed E-state index contributed by atoms with van der Waals surface area (Å²) in [6, 6.07) is 7.28. The van der Waals surface area contributed by atoms with Crippen molar-refractivity contribution >= 4 is 22.6 Å². The number of likely N-dealkylation sites (tertiary alicyclic amines) is 1. The van der Waals surface area contributed by atoms with Crippen LogP contribution >= 0.6 is 0 Å². The molecular weight excluding hydrogens is 489 g/mol. The van der Waals surface area contributed by atoms with Gasteiger partial charge in [-0.3, -0.25) is 14.8 Å². The third kappa shape index (κ3) is 5.35. The standard InChI is InChI=1S/C25H29F3N6O3/c1-37-22-5-3-16(11-29-22)24(36)8-6-18(7-9-24)34-13-17(14-34)31-21(35)12-30-23-19-10-15(25(26,27)28)2-4-20(19)32-33-23/h2-5,10-11,17-18,36H,6-9,12-14H2,1H3,(H,31,35)(H2,30,32,33). The summed E-state index contributed by atoms with van der Waals surface area (Å²) >= 11 is 0. The monoisotopic (exact) mass is 518 g/mol. The number of H-pyrrole nitrogens is 1. The van der Waals surface area contributed by atoms with Crippen molar-refractivity contribution in [1.82, 2.24) is 25.4 Å². The van der Waals surface area contributed by atoms with E-state index in [9.17, 15) is 23.1 Å². The van der Waals surface area contributed by atoms with Crippen molar-refractivity contribution in [3.05, 3.63) is 47.7 Å². The number of anilines is 1. The number of benzene rings is 1. The fourth-order valence-corrected chi connectivity index (χ4v) is 5.18. The molecule has 4 N–H and O–H groups in total. The number of amides is 1. The summed E-state index contributed by atoms with van der Waals surface area (Å²) in [4.78, 5) is 18.9. The molecule has 3 heterocycles. The Morgan fingerprint density at radius 3 is 2.65 bits per heavy atom. The molecule has 1 aliphatic heterocycles. The number of nitrogens with one attached hydrogen (secondary N) is 3. The van der Waals surface area contributed by atoms with Crippen LogP contribution in [0.25, 0.3) is 10.9 Å². The number of hydrogen-bond acceptors (Lipinski definition) is 7. The van der Waals surface area contributed by atoms with E-state index in [1.165, 1.54) is 6.07 Å². The molecule has 1 aromatic carbocycles. The highest BCUT2D eigenvalue weighted by molar-refractivity contribution is 5.92. The molecule has 1 saturated heterocycles.